The molecule has 0 unspecified atom stereocenters. The summed E-state index contributed by atoms with van der Waals surface area (Å²) < 4.78 is 0. The van der Waals surface area contributed by atoms with E-state index in [0.29, 0.717) is 0 Å². The maximum Gasteiger partial charge on any atom is 0.320 e. The third-order valence-corrected chi connectivity index (χ3v) is 4.77. The molecule has 1 spiro atoms. The van der Waals surface area contributed by atoms with Crippen LogP contribution in [-0.4, -0.2) is 53.3 Å². The summed E-state index contributed by atoms with van der Waals surface area (Å²) in [4.78, 5) is 22.2. The molecule has 0 aromatic carbocycles. The van der Waals surface area contributed by atoms with Crippen molar-refractivity contribution in [3.8, 4) is 0 Å². The second-order valence-corrected chi connectivity index (χ2v) is 6.24. The van der Waals surface area contributed by atoms with Crippen molar-refractivity contribution in [2.24, 2.45) is 5.41 Å². The molecule has 7 heteroatoms. The van der Waals surface area contributed by atoms with Gasteiger partial charge in [-0.05, 0) is 37.7 Å². The summed E-state index contributed by atoms with van der Waals surface area (Å²) in [6.07, 6.45) is 4.48. The van der Waals surface area contributed by atoms with E-state index in [-0.39, 0.29) is 11.5 Å². The summed E-state index contributed by atoms with van der Waals surface area (Å²) in [5.74, 6) is 0.872. The minimum Gasteiger partial charge on any atom is -0.480 e. The van der Waals surface area contributed by atoms with Crippen LogP contribution in [0.3, 0.4) is 0 Å². The first kappa shape index (κ1) is 15.0. The van der Waals surface area contributed by atoms with E-state index in [1.165, 1.54) is 0 Å². The fraction of sp³-hybridized carbons (Fsp3) is 0.667. The number of rotatable bonds is 4. The molecule has 1 aromatic heterocycles. The van der Waals surface area contributed by atoms with E-state index in [1.54, 1.807) is 6.20 Å². The van der Waals surface area contributed by atoms with Crippen LogP contribution in [0.1, 0.15) is 26.2 Å². The predicted molar refractivity (Wildman–Crippen MR) is 84.1 cm³/mol. The molecular weight excluding hydrogens is 282 g/mol. The van der Waals surface area contributed by atoms with Crippen LogP contribution in [0.25, 0.3) is 0 Å². The highest BCUT2D eigenvalue weighted by Gasteiger charge is 2.43. The fourth-order valence-corrected chi connectivity index (χ4v) is 3.43. The molecule has 2 fully saturated rings. The molecule has 2 aliphatic heterocycles. The quantitative estimate of drug-likeness (QED) is 0.762. The van der Waals surface area contributed by atoms with Crippen LogP contribution in [0.15, 0.2) is 12.3 Å². The van der Waals surface area contributed by atoms with Crippen molar-refractivity contribution in [1.82, 2.24) is 15.3 Å². The lowest BCUT2D eigenvalue weighted by Gasteiger charge is -2.39. The maximum atomic E-state index is 11.1. The average molecular weight is 305 g/mol. The smallest absolute Gasteiger partial charge is 0.320 e. The Morgan fingerprint density at radius 1 is 1.55 bits per heavy atom. The standard InChI is InChI=1S/C15H23N5O2/c1-2-16-12-3-6-17-14(19-12)20-7-4-15(5-8-20)9-11(13(21)22)18-10-15/h3,6,11,18H,2,4-5,7-10H2,1H3,(H,21,22)(H,16,17,19)/t11-/m0/s1. The molecule has 22 heavy (non-hydrogen) atoms. The first-order valence-electron chi connectivity index (χ1n) is 7.90. The normalized spacial score (nSPS) is 23.7. The first-order chi connectivity index (χ1) is 10.6. The van der Waals surface area contributed by atoms with Crippen molar-refractivity contribution in [1.29, 1.82) is 0 Å². The van der Waals surface area contributed by atoms with Gasteiger partial charge in [-0.2, -0.15) is 4.98 Å². The number of carboxylic acid groups (broad SMARTS) is 1. The highest BCUT2D eigenvalue weighted by molar-refractivity contribution is 5.74. The number of hydrogen-bond donors (Lipinski definition) is 3. The highest BCUT2D eigenvalue weighted by Crippen LogP contribution is 2.39. The number of anilines is 2. The molecular formula is C15H23N5O2. The van der Waals surface area contributed by atoms with Gasteiger partial charge in [0.05, 0.1) is 0 Å². The second-order valence-electron chi connectivity index (χ2n) is 6.24. The van der Waals surface area contributed by atoms with Gasteiger partial charge < -0.3 is 20.6 Å². The number of hydrogen-bond acceptors (Lipinski definition) is 6. The van der Waals surface area contributed by atoms with E-state index in [1.807, 2.05) is 13.0 Å². The molecule has 3 rings (SSSR count). The van der Waals surface area contributed by atoms with E-state index in [2.05, 4.69) is 25.5 Å². The Morgan fingerprint density at radius 3 is 2.95 bits per heavy atom. The Hall–Kier alpha value is -1.89. The van der Waals surface area contributed by atoms with Gasteiger partial charge in [0.25, 0.3) is 0 Å². The summed E-state index contributed by atoms with van der Waals surface area (Å²) in [6, 6.07) is 1.48. The van der Waals surface area contributed by atoms with E-state index < -0.39 is 5.97 Å². The summed E-state index contributed by atoms with van der Waals surface area (Å²) in [7, 11) is 0. The number of aliphatic carboxylic acids is 1. The van der Waals surface area contributed by atoms with E-state index in [4.69, 9.17) is 5.11 Å². The van der Waals surface area contributed by atoms with Gasteiger partial charge >= 0.3 is 5.97 Å². The van der Waals surface area contributed by atoms with E-state index >= 15 is 0 Å². The number of nitrogens with zero attached hydrogens (tertiary/aromatic N) is 3. The molecule has 0 amide bonds. The SMILES string of the molecule is CCNc1ccnc(N2CCC3(CC2)CN[C@H](C(=O)O)C3)n1. The largest absolute Gasteiger partial charge is 0.480 e. The molecule has 3 N–H and O–H groups in total. The van der Waals surface area contributed by atoms with Crippen LogP contribution >= 0.6 is 0 Å². The van der Waals surface area contributed by atoms with Crippen molar-refractivity contribution in [2.75, 3.05) is 36.4 Å². The molecule has 7 nitrogen and oxygen atoms in total. The fourth-order valence-electron chi connectivity index (χ4n) is 3.43. The molecule has 0 bridgehead atoms. The molecule has 0 radical (unpaired) electrons. The molecule has 1 atom stereocenters. The Morgan fingerprint density at radius 2 is 2.32 bits per heavy atom. The van der Waals surface area contributed by atoms with Crippen molar-refractivity contribution in [2.45, 2.75) is 32.2 Å². The van der Waals surface area contributed by atoms with E-state index in [0.717, 1.165) is 57.2 Å². The molecule has 2 saturated heterocycles. The van der Waals surface area contributed by atoms with Crippen molar-refractivity contribution in [3.63, 3.8) is 0 Å². The van der Waals surface area contributed by atoms with Crippen LogP contribution in [0.4, 0.5) is 11.8 Å². The van der Waals surface area contributed by atoms with E-state index in [9.17, 15) is 4.79 Å². The third-order valence-electron chi connectivity index (χ3n) is 4.77. The number of aromatic nitrogens is 2. The zero-order valence-corrected chi connectivity index (χ0v) is 12.9. The minimum atomic E-state index is -0.735. The first-order valence-corrected chi connectivity index (χ1v) is 7.90. The van der Waals surface area contributed by atoms with Crippen molar-refractivity contribution in [3.05, 3.63) is 12.3 Å². The van der Waals surface area contributed by atoms with Crippen LogP contribution in [0.2, 0.25) is 0 Å². The van der Waals surface area contributed by atoms with Crippen molar-refractivity contribution < 1.29 is 9.90 Å². The van der Waals surface area contributed by atoms with Crippen molar-refractivity contribution >= 4 is 17.7 Å². The Labute approximate surface area is 130 Å². The second kappa shape index (κ2) is 6.08. The van der Waals surface area contributed by atoms with Crippen LogP contribution in [0, 0.1) is 5.41 Å². The minimum absolute atomic E-state index is 0.124. The topological polar surface area (TPSA) is 90.4 Å². The number of carbonyl (C=O) groups is 1. The lowest BCUT2D eigenvalue weighted by Crippen LogP contribution is -2.42. The Bertz CT molecular complexity index is 542. The average Bonchev–Trinajstić information content (AvgIpc) is 2.93. The van der Waals surface area contributed by atoms with Gasteiger partial charge in [0, 0.05) is 32.4 Å². The number of piperidine rings is 1. The Kier molecular flexibility index (Phi) is 4.15. The van der Waals surface area contributed by atoms with Crippen LogP contribution in [-0.2, 0) is 4.79 Å². The van der Waals surface area contributed by atoms with Gasteiger partial charge in [-0.1, -0.05) is 0 Å². The van der Waals surface area contributed by atoms with Crippen LogP contribution in [0.5, 0.6) is 0 Å². The third kappa shape index (κ3) is 2.99. The summed E-state index contributed by atoms with van der Waals surface area (Å²) >= 11 is 0. The van der Waals surface area contributed by atoms with Gasteiger partial charge in [0.2, 0.25) is 5.95 Å². The summed E-state index contributed by atoms with van der Waals surface area (Å²) in [5, 5.41) is 15.5. The molecule has 120 valence electrons. The monoisotopic (exact) mass is 305 g/mol. The number of nitrogens with one attached hydrogen (secondary N) is 2. The highest BCUT2D eigenvalue weighted by atomic mass is 16.4. The summed E-state index contributed by atoms with van der Waals surface area (Å²) in [6.45, 7) is 5.43. The Balaban J connectivity index is 1.62. The number of carboxylic acids is 1. The van der Waals surface area contributed by atoms with Gasteiger partial charge in [-0.25, -0.2) is 4.98 Å². The molecule has 2 aliphatic rings. The molecule has 0 aliphatic carbocycles. The molecule has 1 aromatic rings. The predicted octanol–water partition coefficient (Wildman–Crippen LogP) is 0.941. The lowest BCUT2D eigenvalue weighted by atomic mass is 9.76. The van der Waals surface area contributed by atoms with Crippen LogP contribution < -0.4 is 15.5 Å². The van der Waals surface area contributed by atoms with Gasteiger partial charge in [0.1, 0.15) is 11.9 Å². The summed E-state index contributed by atoms with van der Waals surface area (Å²) in [5.41, 5.74) is 0.124. The zero-order chi connectivity index (χ0) is 15.6. The lowest BCUT2D eigenvalue weighted by molar-refractivity contribution is -0.139. The molecule has 0 saturated carbocycles. The molecule has 3 heterocycles. The maximum absolute atomic E-state index is 11.1. The van der Waals surface area contributed by atoms with Gasteiger partial charge in [-0.15, -0.1) is 0 Å². The zero-order valence-electron chi connectivity index (χ0n) is 12.9. The van der Waals surface area contributed by atoms with Gasteiger partial charge in [-0.3, -0.25) is 4.79 Å². The van der Waals surface area contributed by atoms with Gasteiger partial charge in [0.15, 0.2) is 0 Å².